The molecular weight excluding hydrogens is 404 g/mol. The molecule has 1 atom stereocenters. The Morgan fingerprint density at radius 3 is 2.52 bits per heavy atom. The SMILES string of the molecule is CCN1C=CN=C(c2ccnn2C(F)(F)F)C1c1c(F)cc(F)c(C(N)=O)c1F. The third kappa shape index (κ3) is 3.45. The minimum atomic E-state index is -4.93. The van der Waals surface area contributed by atoms with E-state index in [1.54, 1.807) is 6.92 Å². The number of likely N-dealkylation sites (N-methyl/N-ethyl adjacent to an activating group) is 1. The molecule has 2 heterocycles. The molecule has 1 aliphatic heterocycles. The lowest BCUT2D eigenvalue weighted by Gasteiger charge is -2.34. The first-order valence-electron chi connectivity index (χ1n) is 8.16. The quantitative estimate of drug-likeness (QED) is 0.777. The second-order valence-corrected chi connectivity index (χ2v) is 5.95. The molecule has 0 bridgehead atoms. The molecule has 2 N–H and O–H groups in total. The zero-order valence-electron chi connectivity index (χ0n) is 14.7. The van der Waals surface area contributed by atoms with Gasteiger partial charge in [0.2, 0.25) is 0 Å². The van der Waals surface area contributed by atoms with E-state index in [1.165, 1.54) is 11.1 Å². The van der Waals surface area contributed by atoms with Crippen LogP contribution in [0, 0.1) is 17.5 Å². The summed E-state index contributed by atoms with van der Waals surface area (Å²) in [5.74, 6) is -6.03. The van der Waals surface area contributed by atoms with Gasteiger partial charge in [-0.05, 0) is 13.0 Å². The van der Waals surface area contributed by atoms with Crippen molar-refractivity contribution in [3.05, 3.63) is 65.0 Å². The summed E-state index contributed by atoms with van der Waals surface area (Å²) in [6.07, 6.45) is -1.63. The maximum absolute atomic E-state index is 15.0. The fourth-order valence-electron chi connectivity index (χ4n) is 3.09. The Labute approximate surface area is 159 Å². The molecule has 154 valence electrons. The second kappa shape index (κ2) is 7.26. The number of primary amides is 1. The highest BCUT2D eigenvalue weighted by Crippen LogP contribution is 2.36. The summed E-state index contributed by atoms with van der Waals surface area (Å²) >= 11 is 0. The number of nitrogens with zero attached hydrogens (tertiary/aromatic N) is 4. The molecule has 2 aromatic rings. The third-order valence-electron chi connectivity index (χ3n) is 4.30. The summed E-state index contributed by atoms with van der Waals surface area (Å²) < 4.78 is 83.0. The van der Waals surface area contributed by atoms with E-state index in [0.717, 1.165) is 18.5 Å². The van der Waals surface area contributed by atoms with Crippen LogP contribution >= 0.6 is 0 Å². The summed E-state index contributed by atoms with van der Waals surface area (Å²) in [5, 5.41) is 3.19. The summed E-state index contributed by atoms with van der Waals surface area (Å²) in [5.41, 5.74) is 1.95. The van der Waals surface area contributed by atoms with Crippen LogP contribution in [-0.2, 0) is 6.30 Å². The van der Waals surface area contributed by atoms with Gasteiger partial charge in [0, 0.05) is 31.2 Å². The first-order valence-corrected chi connectivity index (χ1v) is 8.16. The van der Waals surface area contributed by atoms with Crippen LogP contribution in [0.2, 0.25) is 0 Å². The largest absolute Gasteiger partial charge is 0.505 e. The highest BCUT2D eigenvalue weighted by atomic mass is 19.4. The molecule has 29 heavy (non-hydrogen) atoms. The number of rotatable bonds is 4. The van der Waals surface area contributed by atoms with E-state index in [-0.39, 0.29) is 17.3 Å². The van der Waals surface area contributed by atoms with E-state index in [1.807, 2.05) is 0 Å². The van der Waals surface area contributed by atoms with Crippen molar-refractivity contribution in [2.45, 2.75) is 19.3 Å². The predicted molar refractivity (Wildman–Crippen MR) is 89.2 cm³/mol. The number of alkyl halides is 3. The second-order valence-electron chi connectivity index (χ2n) is 5.95. The number of amides is 1. The topological polar surface area (TPSA) is 76.5 Å². The summed E-state index contributed by atoms with van der Waals surface area (Å²) in [4.78, 5) is 16.6. The lowest BCUT2D eigenvalue weighted by molar-refractivity contribution is -0.212. The number of aromatic nitrogens is 2. The summed E-state index contributed by atoms with van der Waals surface area (Å²) in [6.45, 7) is 1.68. The predicted octanol–water partition coefficient (Wildman–Crippen LogP) is 3.21. The molecule has 1 aromatic carbocycles. The van der Waals surface area contributed by atoms with Crippen molar-refractivity contribution in [2.75, 3.05) is 6.54 Å². The van der Waals surface area contributed by atoms with Gasteiger partial charge in [-0.3, -0.25) is 9.79 Å². The number of hydrogen-bond acceptors (Lipinski definition) is 4. The molecule has 1 aliphatic rings. The van der Waals surface area contributed by atoms with Gasteiger partial charge < -0.3 is 10.6 Å². The van der Waals surface area contributed by atoms with Gasteiger partial charge >= 0.3 is 6.30 Å². The fourth-order valence-corrected chi connectivity index (χ4v) is 3.09. The van der Waals surface area contributed by atoms with Crippen molar-refractivity contribution < 1.29 is 31.1 Å². The highest BCUT2D eigenvalue weighted by Gasteiger charge is 2.40. The lowest BCUT2D eigenvalue weighted by Crippen LogP contribution is -2.37. The van der Waals surface area contributed by atoms with Crippen LogP contribution in [0.25, 0.3) is 0 Å². The zero-order chi connectivity index (χ0) is 21.5. The van der Waals surface area contributed by atoms with Crippen LogP contribution < -0.4 is 5.73 Å². The van der Waals surface area contributed by atoms with Crippen LogP contribution in [0.3, 0.4) is 0 Å². The first-order chi connectivity index (χ1) is 13.6. The van der Waals surface area contributed by atoms with Gasteiger partial charge in [0.15, 0.2) is 0 Å². The van der Waals surface area contributed by atoms with E-state index >= 15 is 0 Å². The van der Waals surface area contributed by atoms with Gasteiger partial charge in [-0.1, -0.05) is 0 Å². The molecule has 1 amide bonds. The minimum absolute atomic E-state index is 0.0997. The third-order valence-corrected chi connectivity index (χ3v) is 4.30. The van der Waals surface area contributed by atoms with Crippen molar-refractivity contribution in [3.63, 3.8) is 0 Å². The van der Waals surface area contributed by atoms with Gasteiger partial charge in [-0.25, -0.2) is 13.2 Å². The molecule has 12 heteroatoms. The van der Waals surface area contributed by atoms with Crippen LogP contribution in [-0.4, -0.2) is 32.8 Å². The molecule has 0 spiro atoms. The van der Waals surface area contributed by atoms with Gasteiger partial charge in [-0.2, -0.15) is 9.78 Å². The van der Waals surface area contributed by atoms with E-state index < -0.39 is 58.2 Å². The van der Waals surface area contributed by atoms with E-state index in [4.69, 9.17) is 5.73 Å². The van der Waals surface area contributed by atoms with Crippen LogP contribution in [0.15, 0.2) is 35.7 Å². The van der Waals surface area contributed by atoms with Gasteiger partial charge in [0.25, 0.3) is 5.91 Å². The first kappa shape index (κ1) is 20.4. The Hall–Kier alpha value is -3.31. The number of benzene rings is 1. The molecule has 0 saturated carbocycles. The van der Waals surface area contributed by atoms with E-state index in [9.17, 15) is 31.1 Å². The number of carbonyl (C=O) groups excluding carboxylic acids is 1. The molecule has 0 aliphatic carbocycles. The molecule has 0 fully saturated rings. The van der Waals surface area contributed by atoms with Crippen LogP contribution in [0.4, 0.5) is 26.3 Å². The average molecular weight is 417 g/mol. The van der Waals surface area contributed by atoms with Crippen molar-refractivity contribution in [1.29, 1.82) is 0 Å². The average Bonchev–Trinajstić information content (AvgIpc) is 3.11. The number of hydrogen-bond donors (Lipinski definition) is 1. The standard InChI is InChI=1S/C17H13F6N5O/c1-2-27-6-5-25-14(10-3-4-26-28(10)17(21,22)23)15(27)11-8(18)7-9(19)12(13(11)20)16(24)29/h3-7,15H,2H2,1H3,(H2,24,29). The van der Waals surface area contributed by atoms with Crippen molar-refractivity contribution in [1.82, 2.24) is 14.7 Å². The fraction of sp³-hybridized carbons (Fsp3) is 0.235. The zero-order valence-corrected chi connectivity index (χ0v) is 14.7. The molecule has 1 aromatic heterocycles. The monoisotopic (exact) mass is 417 g/mol. The van der Waals surface area contributed by atoms with Crippen molar-refractivity contribution in [3.8, 4) is 0 Å². The van der Waals surface area contributed by atoms with E-state index in [0.29, 0.717) is 0 Å². The lowest BCUT2D eigenvalue weighted by atomic mass is 9.93. The maximum Gasteiger partial charge on any atom is 0.505 e. The Bertz CT molecular complexity index is 1030. The Morgan fingerprint density at radius 2 is 1.93 bits per heavy atom. The summed E-state index contributed by atoms with van der Waals surface area (Å²) in [7, 11) is 0. The van der Waals surface area contributed by atoms with Gasteiger partial charge in [0.1, 0.15) is 29.1 Å². The van der Waals surface area contributed by atoms with Crippen molar-refractivity contribution in [2.24, 2.45) is 10.7 Å². The van der Waals surface area contributed by atoms with Crippen molar-refractivity contribution >= 4 is 11.6 Å². The molecule has 1 unspecified atom stereocenters. The molecule has 6 nitrogen and oxygen atoms in total. The highest BCUT2D eigenvalue weighted by molar-refractivity contribution is 6.05. The number of nitrogens with two attached hydrogens (primary N) is 1. The van der Waals surface area contributed by atoms with Gasteiger partial charge in [-0.15, -0.1) is 13.2 Å². The molecule has 0 radical (unpaired) electrons. The summed E-state index contributed by atoms with van der Waals surface area (Å²) in [6, 6.07) is -0.314. The minimum Gasteiger partial charge on any atom is -0.365 e. The number of carbonyl (C=O) groups is 1. The smallest absolute Gasteiger partial charge is 0.365 e. The maximum atomic E-state index is 15.0. The Kier molecular flexibility index (Phi) is 5.11. The normalized spacial score (nSPS) is 16.9. The Morgan fingerprint density at radius 1 is 1.24 bits per heavy atom. The molecule has 0 saturated heterocycles. The number of aliphatic imine (C=N–C) groups is 1. The van der Waals surface area contributed by atoms with Gasteiger partial charge in [0.05, 0.1) is 17.0 Å². The van der Waals surface area contributed by atoms with E-state index in [2.05, 4.69) is 10.1 Å². The Balaban J connectivity index is 2.28. The number of halogens is 6. The van der Waals surface area contributed by atoms with Crippen LogP contribution in [0.1, 0.15) is 34.6 Å². The molecule has 3 rings (SSSR count). The molecular formula is C17H13F6N5O. The van der Waals surface area contributed by atoms with Crippen LogP contribution in [0.5, 0.6) is 0 Å².